The largest absolute Gasteiger partial charge is 0.338 e. The minimum absolute atomic E-state index is 0.0619. The molecule has 5 rings (SSSR count). The van der Waals surface area contributed by atoms with Crippen LogP contribution in [0.2, 0.25) is 10.0 Å². The molecule has 41 heavy (non-hydrogen) atoms. The third-order valence-electron chi connectivity index (χ3n) is 9.69. The first-order chi connectivity index (χ1) is 19.6. The van der Waals surface area contributed by atoms with Gasteiger partial charge in [-0.15, -0.1) is 0 Å². The van der Waals surface area contributed by atoms with Gasteiger partial charge in [-0.05, 0) is 60.9 Å². The van der Waals surface area contributed by atoms with Crippen molar-refractivity contribution in [1.82, 2.24) is 14.7 Å². The lowest BCUT2D eigenvalue weighted by Gasteiger charge is -2.48. The maximum atomic E-state index is 14.3. The fourth-order valence-corrected chi connectivity index (χ4v) is 7.09. The first-order valence-corrected chi connectivity index (χ1v) is 15.2. The molecule has 3 aromatic carbocycles. The van der Waals surface area contributed by atoms with Gasteiger partial charge >= 0.3 is 0 Å². The molecule has 3 atom stereocenters. The Labute approximate surface area is 254 Å². The van der Waals surface area contributed by atoms with Crippen molar-refractivity contribution in [3.8, 4) is 0 Å². The van der Waals surface area contributed by atoms with E-state index in [1.165, 1.54) is 5.56 Å². The topological polar surface area (TPSA) is 43.9 Å². The van der Waals surface area contributed by atoms with Crippen LogP contribution >= 0.6 is 23.2 Å². The maximum absolute atomic E-state index is 14.3. The number of carbonyl (C=O) groups excluding carboxylic acids is 2. The highest BCUT2D eigenvalue weighted by Gasteiger charge is 2.62. The Morgan fingerprint density at radius 1 is 0.902 bits per heavy atom. The van der Waals surface area contributed by atoms with Crippen molar-refractivity contribution in [3.05, 3.63) is 106 Å². The van der Waals surface area contributed by atoms with E-state index in [9.17, 15) is 9.59 Å². The summed E-state index contributed by atoms with van der Waals surface area (Å²) in [6, 6.07) is 26.1. The predicted molar refractivity (Wildman–Crippen MR) is 166 cm³/mol. The zero-order valence-electron chi connectivity index (χ0n) is 24.3. The third kappa shape index (κ3) is 5.52. The summed E-state index contributed by atoms with van der Waals surface area (Å²) in [5.74, 6) is 0.348. The van der Waals surface area contributed by atoms with E-state index in [-0.39, 0.29) is 29.3 Å². The second kappa shape index (κ2) is 11.8. The number of rotatable bonds is 8. The lowest BCUT2D eigenvalue weighted by molar-refractivity contribution is -0.137. The molecule has 216 valence electrons. The third-order valence-corrected chi connectivity index (χ3v) is 10.4. The number of likely N-dealkylation sites (N-methyl/N-ethyl adjacent to an activating group) is 1. The summed E-state index contributed by atoms with van der Waals surface area (Å²) in [7, 11) is 3.82. The molecule has 1 aliphatic carbocycles. The number of piperidine rings is 1. The van der Waals surface area contributed by atoms with Gasteiger partial charge in [-0.3, -0.25) is 9.59 Å². The van der Waals surface area contributed by atoms with E-state index in [1.54, 1.807) is 13.0 Å². The number of hydrogen-bond acceptors (Lipinski definition) is 3. The Morgan fingerprint density at radius 3 is 2.10 bits per heavy atom. The second-order valence-electron chi connectivity index (χ2n) is 11.8. The van der Waals surface area contributed by atoms with Gasteiger partial charge in [0.15, 0.2) is 0 Å². The molecular weight excluding hydrogens is 553 g/mol. The van der Waals surface area contributed by atoms with E-state index in [2.05, 4.69) is 36.1 Å². The van der Waals surface area contributed by atoms with Crippen molar-refractivity contribution in [2.24, 2.45) is 5.92 Å². The van der Waals surface area contributed by atoms with Gasteiger partial charge in [0.1, 0.15) is 0 Å². The van der Waals surface area contributed by atoms with Gasteiger partial charge in [-0.2, -0.15) is 0 Å². The molecular formula is C34H39Cl2N3O2. The molecule has 2 fully saturated rings. The molecule has 0 radical (unpaired) electrons. The van der Waals surface area contributed by atoms with Crippen LogP contribution in [0.25, 0.3) is 0 Å². The molecule has 1 saturated heterocycles. The van der Waals surface area contributed by atoms with E-state index < -0.39 is 5.41 Å². The number of amides is 2. The maximum Gasteiger partial charge on any atom is 0.233 e. The minimum Gasteiger partial charge on any atom is -0.338 e. The standard InChI is InChI=1S/C34H39Cl2N3O2/c1-24(26-11-7-5-8-12-26)37(3)32(41)34(28-15-16-30(35)31(36)21-28)22-29(34)23-39-19-17-33(18-20-39,38(4)25(2)40)27-13-9-6-10-14-27/h5-16,21,24,29H,17-20,22-23H2,1-4H3/t24-,29+,34-/m1/s1. The lowest BCUT2D eigenvalue weighted by Crippen LogP contribution is -2.53. The SMILES string of the molecule is CC(=O)N(C)C1(c2ccccc2)CCN(C[C@@H]2C[C@@]2(C(=O)N(C)[C@H](C)c2ccccc2)c2ccc(Cl)c(Cl)c2)CC1. The monoisotopic (exact) mass is 591 g/mol. The lowest BCUT2D eigenvalue weighted by atomic mass is 9.79. The summed E-state index contributed by atoms with van der Waals surface area (Å²) in [5.41, 5.74) is 2.25. The summed E-state index contributed by atoms with van der Waals surface area (Å²) in [6.45, 7) is 6.24. The molecule has 2 aliphatic rings. The zero-order chi connectivity index (χ0) is 29.4. The summed E-state index contributed by atoms with van der Waals surface area (Å²) in [6.07, 6.45) is 2.46. The Hall–Kier alpha value is -2.86. The number of halogens is 2. The number of nitrogens with zero attached hydrogens (tertiary/aromatic N) is 3. The van der Waals surface area contributed by atoms with Gasteiger partial charge in [-0.1, -0.05) is 89.9 Å². The summed E-state index contributed by atoms with van der Waals surface area (Å²) >= 11 is 12.8. The molecule has 2 amide bonds. The Balaban J connectivity index is 1.37. The Bertz CT molecular complexity index is 1390. The summed E-state index contributed by atoms with van der Waals surface area (Å²) in [4.78, 5) is 33.1. The van der Waals surface area contributed by atoms with Crippen molar-refractivity contribution >= 4 is 35.0 Å². The van der Waals surface area contributed by atoms with Crippen LogP contribution < -0.4 is 0 Å². The van der Waals surface area contributed by atoms with E-state index >= 15 is 0 Å². The molecule has 7 heteroatoms. The molecule has 1 heterocycles. The number of likely N-dealkylation sites (tertiary alicyclic amines) is 1. The highest BCUT2D eigenvalue weighted by atomic mass is 35.5. The smallest absolute Gasteiger partial charge is 0.233 e. The quantitative estimate of drug-likeness (QED) is 0.285. The van der Waals surface area contributed by atoms with Gasteiger partial charge in [0, 0.05) is 40.7 Å². The Morgan fingerprint density at radius 2 is 1.51 bits per heavy atom. The predicted octanol–water partition coefficient (Wildman–Crippen LogP) is 6.94. The molecule has 0 unspecified atom stereocenters. The van der Waals surface area contributed by atoms with Gasteiger partial charge in [0.25, 0.3) is 0 Å². The Kier molecular flexibility index (Phi) is 8.52. The second-order valence-corrected chi connectivity index (χ2v) is 12.6. The van der Waals surface area contributed by atoms with Crippen LogP contribution in [0, 0.1) is 5.92 Å². The van der Waals surface area contributed by atoms with Crippen LogP contribution in [-0.2, 0) is 20.5 Å². The molecule has 0 bridgehead atoms. The fourth-order valence-electron chi connectivity index (χ4n) is 6.79. The van der Waals surface area contributed by atoms with Crippen LogP contribution in [0.1, 0.15) is 55.8 Å². The minimum atomic E-state index is -0.643. The van der Waals surface area contributed by atoms with E-state index in [1.807, 2.05) is 72.4 Å². The summed E-state index contributed by atoms with van der Waals surface area (Å²) < 4.78 is 0. The number of hydrogen-bond donors (Lipinski definition) is 0. The fraction of sp³-hybridized carbons (Fsp3) is 0.412. The van der Waals surface area contributed by atoms with Crippen LogP contribution in [0.5, 0.6) is 0 Å². The average molecular weight is 593 g/mol. The highest BCUT2D eigenvalue weighted by Crippen LogP contribution is 2.57. The van der Waals surface area contributed by atoms with Crippen molar-refractivity contribution in [2.45, 2.75) is 50.1 Å². The molecule has 5 nitrogen and oxygen atoms in total. The molecule has 1 aliphatic heterocycles. The summed E-state index contributed by atoms with van der Waals surface area (Å²) in [5, 5.41) is 0.961. The van der Waals surface area contributed by atoms with E-state index in [0.29, 0.717) is 10.0 Å². The molecule has 0 aromatic heterocycles. The molecule has 0 spiro atoms. The van der Waals surface area contributed by atoms with Gasteiger partial charge < -0.3 is 14.7 Å². The van der Waals surface area contributed by atoms with Crippen LogP contribution in [0.4, 0.5) is 0 Å². The van der Waals surface area contributed by atoms with Crippen molar-refractivity contribution in [2.75, 3.05) is 33.7 Å². The number of carbonyl (C=O) groups is 2. The highest BCUT2D eigenvalue weighted by molar-refractivity contribution is 6.42. The number of benzene rings is 3. The van der Waals surface area contributed by atoms with Crippen molar-refractivity contribution in [3.63, 3.8) is 0 Å². The van der Waals surface area contributed by atoms with Crippen molar-refractivity contribution in [1.29, 1.82) is 0 Å². The normalized spacial score (nSPS) is 22.5. The first-order valence-electron chi connectivity index (χ1n) is 14.4. The van der Waals surface area contributed by atoms with Crippen LogP contribution in [-0.4, -0.2) is 60.2 Å². The molecule has 3 aromatic rings. The van der Waals surface area contributed by atoms with Crippen LogP contribution in [0.3, 0.4) is 0 Å². The molecule has 1 saturated carbocycles. The van der Waals surface area contributed by atoms with Gasteiger partial charge in [0.05, 0.1) is 27.0 Å². The van der Waals surface area contributed by atoms with Gasteiger partial charge in [-0.25, -0.2) is 0 Å². The van der Waals surface area contributed by atoms with E-state index in [4.69, 9.17) is 23.2 Å². The average Bonchev–Trinajstić information content (AvgIpc) is 3.72. The van der Waals surface area contributed by atoms with Crippen LogP contribution in [0.15, 0.2) is 78.9 Å². The molecule has 0 N–H and O–H groups in total. The van der Waals surface area contributed by atoms with E-state index in [0.717, 1.165) is 50.0 Å². The zero-order valence-corrected chi connectivity index (χ0v) is 25.8. The van der Waals surface area contributed by atoms with Gasteiger partial charge in [0.2, 0.25) is 11.8 Å². The first kappa shape index (κ1) is 29.6. The van der Waals surface area contributed by atoms with Crippen molar-refractivity contribution < 1.29 is 9.59 Å².